The number of hydrogen-bond donors (Lipinski definition) is 0. The molecule has 0 aliphatic carbocycles. The molecule has 3 heterocycles. The molecule has 1 aromatic carbocycles. The smallest absolute Gasteiger partial charge is 0.331 e. The quantitative estimate of drug-likeness (QED) is 0.748. The summed E-state index contributed by atoms with van der Waals surface area (Å²) >= 11 is 0. The van der Waals surface area contributed by atoms with Gasteiger partial charge in [-0.25, -0.2) is 9.78 Å². The highest BCUT2D eigenvalue weighted by molar-refractivity contribution is 5.95. The van der Waals surface area contributed by atoms with Crippen molar-refractivity contribution in [1.82, 2.24) is 4.98 Å². The van der Waals surface area contributed by atoms with Gasteiger partial charge in [-0.05, 0) is 37.1 Å². The van der Waals surface area contributed by atoms with E-state index in [0.29, 0.717) is 12.3 Å². The van der Waals surface area contributed by atoms with Gasteiger partial charge in [0.25, 0.3) is 0 Å². The average Bonchev–Trinajstić information content (AvgIpc) is 3.29. The van der Waals surface area contributed by atoms with E-state index in [2.05, 4.69) is 4.98 Å². The van der Waals surface area contributed by atoms with Crippen molar-refractivity contribution in [3.8, 4) is 5.75 Å². The maximum atomic E-state index is 13.3. The fourth-order valence-electron chi connectivity index (χ4n) is 4.02. The number of benzene rings is 1. The lowest BCUT2D eigenvalue weighted by Gasteiger charge is -2.33. The van der Waals surface area contributed by atoms with Crippen LogP contribution >= 0.6 is 0 Å². The van der Waals surface area contributed by atoms with Crippen LogP contribution in [0.5, 0.6) is 5.75 Å². The Hall–Kier alpha value is -3.15. The van der Waals surface area contributed by atoms with Crippen molar-refractivity contribution in [3.63, 3.8) is 0 Å². The lowest BCUT2D eigenvalue weighted by molar-refractivity contribution is -0.147. The van der Waals surface area contributed by atoms with Crippen LogP contribution in [0.4, 0.5) is 5.82 Å². The number of carbonyl (C=O) groups is 2. The fourth-order valence-corrected chi connectivity index (χ4v) is 4.02. The number of pyridine rings is 1. The van der Waals surface area contributed by atoms with Gasteiger partial charge in [0.05, 0.1) is 7.11 Å². The molecule has 0 N–H and O–H groups in total. The van der Waals surface area contributed by atoms with Crippen LogP contribution in [0.1, 0.15) is 30.4 Å². The number of amides is 1. The molecule has 1 amide bonds. The minimum Gasteiger partial charge on any atom is -0.496 e. The number of para-hydroxylation sites is 1. The number of cyclic esters (lactones) is 1. The zero-order chi connectivity index (χ0) is 19.7. The van der Waals surface area contributed by atoms with E-state index in [1.165, 1.54) is 6.08 Å². The van der Waals surface area contributed by atoms with E-state index in [-0.39, 0.29) is 18.2 Å². The Morgan fingerprint density at radius 1 is 1.32 bits per heavy atom. The summed E-state index contributed by atoms with van der Waals surface area (Å²) < 4.78 is 11.1. The van der Waals surface area contributed by atoms with Crippen molar-refractivity contribution in [3.05, 3.63) is 65.9 Å². The molecule has 1 aromatic heterocycles. The van der Waals surface area contributed by atoms with Gasteiger partial charge in [-0.2, -0.15) is 0 Å². The molecule has 0 saturated carbocycles. The van der Waals surface area contributed by atoms with Gasteiger partial charge in [0.15, 0.2) is 0 Å². The minimum absolute atomic E-state index is 0.0501. The Morgan fingerprint density at radius 3 is 2.89 bits per heavy atom. The molecule has 0 saturated heterocycles. The summed E-state index contributed by atoms with van der Waals surface area (Å²) in [5, 5.41) is 0. The molecule has 6 heteroatoms. The number of nitrogens with zero attached hydrogens (tertiary/aromatic N) is 2. The lowest BCUT2D eigenvalue weighted by Crippen LogP contribution is -2.38. The van der Waals surface area contributed by atoms with E-state index in [9.17, 15) is 9.59 Å². The number of anilines is 1. The van der Waals surface area contributed by atoms with Gasteiger partial charge in [0.1, 0.15) is 17.2 Å². The van der Waals surface area contributed by atoms with Crippen LogP contribution in [0, 0.1) is 0 Å². The van der Waals surface area contributed by atoms with Crippen molar-refractivity contribution < 1.29 is 19.1 Å². The molecule has 4 rings (SSSR count). The number of ether oxygens (including phenoxy) is 2. The number of aromatic nitrogens is 1. The molecule has 144 valence electrons. The summed E-state index contributed by atoms with van der Waals surface area (Å²) in [5.41, 5.74) is 0.984. The summed E-state index contributed by atoms with van der Waals surface area (Å²) in [6.45, 7) is 2.44. The Labute approximate surface area is 163 Å². The minimum atomic E-state index is -0.923. The zero-order valence-corrected chi connectivity index (χ0v) is 15.9. The standard InChI is InChI=1S/C22H22N2O4/c1-22(11-9-20(26)28-22)17(16-7-3-4-8-18(16)27-2)14-19(25)24-13-10-15-6-5-12-23-21(15)24/h3-9,11-12,17H,10,13-14H2,1-2H3/t17-,22-/m0/s1. The number of methoxy groups -OCH3 is 1. The molecule has 0 fully saturated rings. The van der Waals surface area contributed by atoms with Crippen LogP contribution in [0.2, 0.25) is 0 Å². The fraction of sp³-hybridized carbons (Fsp3) is 0.318. The van der Waals surface area contributed by atoms with Crippen molar-refractivity contribution in [2.45, 2.75) is 31.3 Å². The molecular formula is C22H22N2O4. The molecule has 2 aliphatic heterocycles. The highest BCUT2D eigenvalue weighted by Crippen LogP contribution is 2.42. The molecule has 0 unspecified atom stereocenters. The normalized spacial score (nSPS) is 21.4. The van der Waals surface area contributed by atoms with Crippen molar-refractivity contribution in [1.29, 1.82) is 0 Å². The molecule has 0 spiro atoms. The first-order valence-corrected chi connectivity index (χ1v) is 9.31. The molecule has 2 aromatic rings. The van der Waals surface area contributed by atoms with Gasteiger partial charge in [-0.15, -0.1) is 0 Å². The molecule has 28 heavy (non-hydrogen) atoms. The summed E-state index contributed by atoms with van der Waals surface area (Å²) in [4.78, 5) is 31.2. The van der Waals surface area contributed by atoms with Crippen LogP contribution in [0.3, 0.4) is 0 Å². The van der Waals surface area contributed by atoms with Gasteiger partial charge < -0.3 is 9.47 Å². The van der Waals surface area contributed by atoms with Crippen molar-refractivity contribution >= 4 is 17.7 Å². The average molecular weight is 378 g/mol. The van der Waals surface area contributed by atoms with Gasteiger partial charge in [-0.1, -0.05) is 24.3 Å². The van der Waals surface area contributed by atoms with Gasteiger partial charge in [0, 0.05) is 36.7 Å². The van der Waals surface area contributed by atoms with Gasteiger partial charge in [-0.3, -0.25) is 9.69 Å². The second-order valence-electron chi connectivity index (χ2n) is 7.22. The Kier molecular flexibility index (Phi) is 4.63. The van der Waals surface area contributed by atoms with Crippen LogP contribution < -0.4 is 9.64 Å². The highest BCUT2D eigenvalue weighted by Gasteiger charge is 2.43. The molecule has 0 radical (unpaired) electrons. The predicted octanol–water partition coefficient (Wildman–Crippen LogP) is 3.02. The third-order valence-electron chi connectivity index (χ3n) is 5.48. The topological polar surface area (TPSA) is 68.7 Å². The number of rotatable bonds is 5. The van der Waals surface area contributed by atoms with Gasteiger partial charge in [0.2, 0.25) is 5.91 Å². The number of esters is 1. The van der Waals surface area contributed by atoms with E-state index in [4.69, 9.17) is 9.47 Å². The molecule has 6 nitrogen and oxygen atoms in total. The molecule has 2 atom stereocenters. The van der Waals surface area contributed by atoms with E-state index < -0.39 is 11.6 Å². The Bertz CT molecular complexity index is 955. The molecular weight excluding hydrogens is 356 g/mol. The molecule has 2 aliphatic rings. The first-order valence-electron chi connectivity index (χ1n) is 9.31. The maximum Gasteiger partial charge on any atom is 0.331 e. The lowest BCUT2D eigenvalue weighted by atomic mass is 9.80. The number of carbonyl (C=O) groups excluding carboxylic acids is 2. The first kappa shape index (κ1) is 18.2. The zero-order valence-electron chi connectivity index (χ0n) is 15.9. The third-order valence-corrected chi connectivity index (χ3v) is 5.48. The van der Waals surface area contributed by atoms with Crippen LogP contribution in [-0.4, -0.2) is 36.1 Å². The number of fused-ring (bicyclic) bond motifs is 1. The van der Waals surface area contributed by atoms with E-state index in [0.717, 1.165) is 23.4 Å². The largest absolute Gasteiger partial charge is 0.496 e. The predicted molar refractivity (Wildman–Crippen MR) is 104 cm³/mol. The maximum absolute atomic E-state index is 13.3. The van der Waals surface area contributed by atoms with Crippen molar-refractivity contribution in [2.75, 3.05) is 18.6 Å². The Morgan fingerprint density at radius 2 is 2.14 bits per heavy atom. The van der Waals surface area contributed by atoms with Crippen LogP contribution in [0.25, 0.3) is 0 Å². The van der Waals surface area contributed by atoms with Crippen LogP contribution in [-0.2, 0) is 20.7 Å². The van der Waals surface area contributed by atoms with E-state index in [1.807, 2.05) is 43.3 Å². The van der Waals surface area contributed by atoms with Crippen LogP contribution in [0.15, 0.2) is 54.7 Å². The second kappa shape index (κ2) is 7.11. The Balaban J connectivity index is 1.68. The van der Waals surface area contributed by atoms with E-state index >= 15 is 0 Å². The monoisotopic (exact) mass is 378 g/mol. The number of hydrogen-bond acceptors (Lipinski definition) is 5. The van der Waals surface area contributed by atoms with Crippen molar-refractivity contribution in [2.24, 2.45) is 0 Å². The van der Waals surface area contributed by atoms with Gasteiger partial charge >= 0.3 is 5.97 Å². The third kappa shape index (κ3) is 3.15. The summed E-state index contributed by atoms with van der Waals surface area (Å²) in [5.74, 6) is 0.550. The highest BCUT2D eigenvalue weighted by atomic mass is 16.6. The first-order chi connectivity index (χ1) is 13.5. The summed E-state index contributed by atoms with van der Waals surface area (Å²) in [6, 6.07) is 11.4. The van der Waals surface area contributed by atoms with E-state index in [1.54, 1.807) is 24.3 Å². The summed E-state index contributed by atoms with van der Waals surface area (Å²) in [7, 11) is 1.59. The summed E-state index contributed by atoms with van der Waals surface area (Å²) in [6.07, 6.45) is 5.81. The molecule has 0 bridgehead atoms. The SMILES string of the molecule is COc1ccccc1[C@H](CC(=O)N1CCc2cccnc21)[C@]1(C)C=CC(=O)O1. The second-order valence-corrected chi connectivity index (χ2v) is 7.22.